The van der Waals surface area contributed by atoms with Crippen molar-refractivity contribution in [1.29, 1.82) is 0 Å². The average Bonchev–Trinajstić information content (AvgIpc) is 3.56. The second-order valence-corrected chi connectivity index (χ2v) is 10.7. The van der Waals surface area contributed by atoms with Crippen LogP contribution in [0.15, 0.2) is 48.9 Å². The lowest BCUT2D eigenvalue weighted by atomic mass is 10.0. The number of rotatable bonds is 13. The van der Waals surface area contributed by atoms with Crippen LogP contribution in [0.1, 0.15) is 96.5 Å². The zero-order chi connectivity index (χ0) is 26.3. The van der Waals surface area contributed by atoms with Crippen LogP contribution < -0.4 is 11.1 Å². The summed E-state index contributed by atoms with van der Waals surface area (Å²) in [5.41, 5.74) is 8.60. The molecule has 1 aliphatic carbocycles. The lowest BCUT2D eigenvalue weighted by Crippen LogP contribution is -2.44. The molecule has 202 valence electrons. The molecule has 5 heteroatoms. The van der Waals surface area contributed by atoms with Gasteiger partial charge in [0.05, 0.1) is 12.4 Å². The number of nitrogens with two attached hydrogens (primary N) is 1. The molecule has 1 saturated heterocycles. The number of aryl methyl sites for hydroxylation is 1. The Hall–Kier alpha value is -2.43. The first kappa shape index (κ1) is 29.8. The van der Waals surface area contributed by atoms with Gasteiger partial charge in [-0.3, -0.25) is 4.79 Å². The van der Waals surface area contributed by atoms with Gasteiger partial charge >= 0.3 is 0 Å². The molecule has 0 aromatic heterocycles. The summed E-state index contributed by atoms with van der Waals surface area (Å²) >= 11 is 0. The minimum atomic E-state index is -0.191. The summed E-state index contributed by atoms with van der Waals surface area (Å²) in [4.78, 5) is 17.3. The van der Waals surface area contributed by atoms with E-state index in [9.17, 15) is 4.79 Å². The molecule has 1 amide bonds. The molecule has 1 saturated carbocycles. The Morgan fingerprint density at radius 3 is 2.25 bits per heavy atom. The van der Waals surface area contributed by atoms with Gasteiger partial charge in [0.2, 0.25) is 5.91 Å². The quantitative estimate of drug-likeness (QED) is 0.283. The standard InChI is InChI=1S/C24H36N4O.C7H16/c1-18-10-12-22(13-11-18)26-24(29)23-9-6-15-28(23)20(3)27(17-19(2)25)16-14-21-7-4-5-8-21;1-3-5-7-6-4-2/h10-13,21,23H,2-9,14-17,25H2,1H3,(H,26,29);3-7H2,1-2H3. The molecule has 3 rings (SSSR count). The van der Waals surface area contributed by atoms with E-state index in [0.29, 0.717) is 12.2 Å². The number of hydrogen-bond donors (Lipinski definition) is 2. The van der Waals surface area contributed by atoms with Gasteiger partial charge < -0.3 is 20.9 Å². The van der Waals surface area contributed by atoms with Crippen molar-refractivity contribution in [2.75, 3.05) is 25.0 Å². The second-order valence-electron chi connectivity index (χ2n) is 10.7. The summed E-state index contributed by atoms with van der Waals surface area (Å²) in [6.45, 7) is 17.2. The highest BCUT2D eigenvalue weighted by molar-refractivity contribution is 5.95. The monoisotopic (exact) mass is 496 g/mol. The van der Waals surface area contributed by atoms with Crippen molar-refractivity contribution in [3.63, 3.8) is 0 Å². The van der Waals surface area contributed by atoms with Gasteiger partial charge in [-0.2, -0.15) is 0 Å². The molecular weight excluding hydrogens is 444 g/mol. The number of anilines is 1. The van der Waals surface area contributed by atoms with E-state index in [1.165, 1.54) is 63.4 Å². The van der Waals surface area contributed by atoms with E-state index in [1.54, 1.807) is 0 Å². The number of carbonyl (C=O) groups is 1. The van der Waals surface area contributed by atoms with Gasteiger partial charge in [-0.05, 0) is 44.2 Å². The van der Waals surface area contributed by atoms with Gasteiger partial charge in [-0.25, -0.2) is 0 Å². The Balaban J connectivity index is 0.000000572. The van der Waals surface area contributed by atoms with Crippen molar-refractivity contribution < 1.29 is 4.79 Å². The van der Waals surface area contributed by atoms with Crippen LogP contribution in [0.5, 0.6) is 0 Å². The molecule has 3 N–H and O–H groups in total. The number of benzene rings is 1. The minimum absolute atomic E-state index is 0.0369. The molecule has 2 fully saturated rings. The average molecular weight is 497 g/mol. The Bertz CT molecular complexity index is 793. The number of unbranched alkanes of at least 4 members (excludes halogenated alkanes) is 4. The molecule has 1 unspecified atom stereocenters. The Kier molecular flexibility index (Phi) is 13.5. The fourth-order valence-electron chi connectivity index (χ4n) is 5.25. The van der Waals surface area contributed by atoms with E-state index in [-0.39, 0.29) is 11.9 Å². The van der Waals surface area contributed by atoms with Crippen LogP contribution >= 0.6 is 0 Å². The van der Waals surface area contributed by atoms with E-state index in [0.717, 1.165) is 49.8 Å². The van der Waals surface area contributed by atoms with E-state index >= 15 is 0 Å². The third-order valence-corrected chi connectivity index (χ3v) is 7.45. The maximum absolute atomic E-state index is 13.0. The molecule has 1 aromatic carbocycles. The maximum Gasteiger partial charge on any atom is 0.247 e. The molecule has 1 atom stereocenters. The van der Waals surface area contributed by atoms with Crippen molar-refractivity contribution in [2.45, 2.75) is 104 Å². The molecule has 0 bridgehead atoms. The molecule has 2 aliphatic rings. The summed E-state index contributed by atoms with van der Waals surface area (Å²) in [6.07, 6.45) is 15.4. The Morgan fingerprint density at radius 2 is 1.67 bits per heavy atom. The van der Waals surface area contributed by atoms with Crippen LogP contribution in [0.2, 0.25) is 0 Å². The zero-order valence-electron chi connectivity index (χ0n) is 23.4. The third-order valence-electron chi connectivity index (χ3n) is 7.45. The normalized spacial score (nSPS) is 17.4. The first-order valence-electron chi connectivity index (χ1n) is 14.4. The van der Waals surface area contributed by atoms with Gasteiger partial charge in [-0.15, -0.1) is 0 Å². The van der Waals surface area contributed by atoms with Gasteiger partial charge in [0, 0.05) is 24.5 Å². The summed E-state index contributed by atoms with van der Waals surface area (Å²) in [5.74, 6) is 1.74. The molecular formula is C31H52N4O. The fraction of sp³-hybridized carbons (Fsp3) is 0.645. The molecule has 0 radical (unpaired) electrons. The number of nitrogens with zero attached hydrogens (tertiary/aromatic N) is 2. The summed E-state index contributed by atoms with van der Waals surface area (Å²) < 4.78 is 0. The van der Waals surface area contributed by atoms with E-state index in [4.69, 9.17) is 5.73 Å². The van der Waals surface area contributed by atoms with Crippen molar-refractivity contribution in [2.24, 2.45) is 11.7 Å². The van der Waals surface area contributed by atoms with Crippen molar-refractivity contribution in [1.82, 2.24) is 9.80 Å². The van der Waals surface area contributed by atoms with E-state index in [2.05, 4.69) is 42.1 Å². The van der Waals surface area contributed by atoms with Gasteiger partial charge in [-0.1, -0.05) is 102 Å². The number of likely N-dealkylation sites (tertiary alicyclic amines) is 1. The molecule has 1 aliphatic heterocycles. The predicted molar refractivity (Wildman–Crippen MR) is 155 cm³/mol. The highest BCUT2D eigenvalue weighted by Crippen LogP contribution is 2.30. The van der Waals surface area contributed by atoms with Gasteiger partial charge in [0.15, 0.2) is 0 Å². The number of amides is 1. The van der Waals surface area contributed by atoms with Gasteiger partial charge in [0.25, 0.3) is 0 Å². The lowest BCUT2D eigenvalue weighted by molar-refractivity contribution is -0.120. The highest BCUT2D eigenvalue weighted by Gasteiger charge is 2.33. The second kappa shape index (κ2) is 16.3. The van der Waals surface area contributed by atoms with Crippen LogP contribution in [0.3, 0.4) is 0 Å². The van der Waals surface area contributed by atoms with E-state index < -0.39 is 0 Å². The summed E-state index contributed by atoms with van der Waals surface area (Å²) in [7, 11) is 0. The molecule has 0 spiro atoms. The Labute approximate surface area is 221 Å². The first-order chi connectivity index (χ1) is 17.3. The smallest absolute Gasteiger partial charge is 0.247 e. The van der Waals surface area contributed by atoms with E-state index in [1.807, 2.05) is 31.2 Å². The first-order valence-corrected chi connectivity index (χ1v) is 14.4. The topological polar surface area (TPSA) is 61.6 Å². The zero-order valence-corrected chi connectivity index (χ0v) is 23.4. The van der Waals surface area contributed by atoms with Gasteiger partial charge in [0.1, 0.15) is 6.04 Å². The van der Waals surface area contributed by atoms with Crippen molar-refractivity contribution in [3.8, 4) is 0 Å². The third kappa shape index (κ3) is 10.3. The fourth-order valence-corrected chi connectivity index (χ4v) is 5.25. The number of carbonyl (C=O) groups excluding carboxylic acids is 1. The number of nitrogens with one attached hydrogen (secondary N) is 1. The molecule has 1 heterocycles. The molecule has 36 heavy (non-hydrogen) atoms. The van der Waals surface area contributed by atoms with Crippen LogP contribution in [-0.2, 0) is 4.79 Å². The SMILES string of the molecule is C=C(N)CN(CCC1CCCC1)C(=C)N1CCCC1C(=O)Nc1ccc(C)cc1.CCCCCCC. The molecule has 5 nitrogen and oxygen atoms in total. The predicted octanol–water partition coefficient (Wildman–Crippen LogP) is 7.20. The highest BCUT2D eigenvalue weighted by atomic mass is 16.2. The maximum atomic E-state index is 13.0. The Morgan fingerprint density at radius 1 is 1.03 bits per heavy atom. The summed E-state index contributed by atoms with van der Waals surface area (Å²) in [6, 6.07) is 7.74. The minimum Gasteiger partial charge on any atom is -0.401 e. The van der Waals surface area contributed by atoms with Crippen LogP contribution in [-0.4, -0.2) is 41.4 Å². The van der Waals surface area contributed by atoms with Crippen LogP contribution in [0, 0.1) is 12.8 Å². The number of hydrogen-bond acceptors (Lipinski definition) is 4. The van der Waals surface area contributed by atoms with Crippen molar-refractivity contribution >= 4 is 11.6 Å². The summed E-state index contributed by atoms with van der Waals surface area (Å²) in [5, 5.41) is 3.07. The van der Waals surface area contributed by atoms with Crippen LogP contribution in [0.25, 0.3) is 0 Å². The molecule has 1 aromatic rings. The van der Waals surface area contributed by atoms with Crippen LogP contribution in [0.4, 0.5) is 5.69 Å². The largest absolute Gasteiger partial charge is 0.401 e. The lowest BCUT2D eigenvalue weighted by Gasteiger charge is -2.36. The van der Waals surface area contributed by atoms with Crippen molar-refractivity contribution in [3.05, 3.63) is 54.5 Å².